The third-order valence-electron chi connectivity index (χ3n) is 2.70. The van der Waals surface area contributed by atoms with Gasteiger partial charge in [-0.15, -0.1) is 0 Å². The minimum Gasteiger partial charge on any atom is -0.375 e. The molecule has 0 aliphatic rings. The molecule has 0 saturated heterocycles. The number of nitrogens with zero attached hydrogens (tertiary/aromatic N) is 1. The summed E-state index contributed by atoms with van der Waals surface area (Å²) in [5, 5.41) is 3.41. The molecule has 0 aliphatic heterocycles. The highest BCUT2D eigenvalue weighted by Crippen LogP contribution is 2.19. The Bertz CT molecular complexity index is 543. The van der Waals surface area contributed by atoms with Crippen molar-refractivity contribution in [2.75, 3.05) is 13.7 Å². The van der Waals surface area contributed by atoms with Crippen molar-refractivity contribution in [1.29, 1.82) is 0 Å². The van der Waals surface area contributed by atoms with E-state index in [0.29, 0.717) is 17.3 Å². The highest BCUT2D eigenvalue weighted by Gasteiger charge is 2.13. The van der Waals surface area contributed by atoms with Crippen molar-refractivity contribution < 1.29 is 9.53 Å². The minimum absolute atomic E-state index is 0.221. The van der Waals surface area contributed by atoms with Crippen LogP contribution in [0.15, 0.2) is 36.8 Å². The van der Waals surface area contributed by atoms with Crippen LogP contribution >= 0.6 is 11.6 Å². The Balaban J connectivity index is 1.98. The zero-order valence-corrected chi connectivity index (χ0v) is 11.1. The number of rotatable bonds is 5. The summed E-state index contributed by atoms with van der Waals surface area (Å²) < 4.78 is 5.36. The summed E-state index contributed by atoms with van der Waals surface area (Å²) in [6.07, 6.45) is 2.68. The maximum absolute atomic E-state index is 11.8. The Kier molecular flexibility index (Phi) is 4.54. The molecular formula is C13H14ClN3O2. The molecule has 5 nitrogen and oxygen atoms in total. The van der Waals surface area contributed by atoms with Crippen molar-refractivity contribution >= 4 is 17.5 Å². The summed E-state index contributed by atoms with van der Waals surface area (Å²) in [6.45, 7) is 0.356. The Morgan fingerprint density at radius 3 is 3.05 bits per heavy atom. The minimum atomic E-state index is -0.245. The maximum atomic E-state index is 11.8. The van der Waals surface area contributed by atoms with Crippen LogP contribution in [0.4, 0.5) is 0 Å². The number of hydrogen-bond donors (Lipinski definition) is 2. The molecule has 0 fully saturated rings. The summed E-state index contributed by atoms with van der Waals surface area (Å²) in [7, 11) is 1.59. The summed E-state index contributed by atoms with van der Waals surface area (Å²) in [4.78, 5) is 18.3. The lowest BCUT2D eigenvalue weighted by atomic mass is 10.1. The topological polar surface area (TPSA) is 67.0 Å². The second kappa shape index (κ2) is 6.36. The van der Waals surface area contributed by atoms with E-state index in [4.69, 9.17) is 16.3 Å². The van der Waals surface area contributed by atoms with Crippen LogP contribution in [0, 0.1) is 0 Å². The molecule has 1 aromatic heterocycles. The van der Waals surface area contributed by atoms with Crippen LogP contribution in [0.3, 0.4) is 0 Å². The van der Waals surface area contributed by atoms with Crippen molar-refractivity contribution in [2.24, 2.45) is 0 Å². The smallest absolute Gasteiger partial charge is 0.269 e. The van der Waals surface area contributed by atoms with Gasteiger partial charge in [0.15, 0.2) is 0 Å². The molecule has 1 aromatic carbocycles. The first kappa shape index (κ1) is 13.6. The van der Waals surface area contributed by atoms with Crippen LogP contribution in [0.5, 0.6) is 0 Å². The number of carbonyl (C=O) groups is 1. The monoisotopic (exact) mass is 279 g/mol. The first-order chi connectivity index (χ1) is 9.20. The van der Waals surface area contributed by atoms with Gasteiger partial charge in [-0.05, 0) is 17.7 Å². The third kappa shape index (κ3) is 3.56. The highest BCUT2D eigenvalue weighted by atomic mass is 35.5. The summed E-state index contributed by atoms with van der Waals surface area (Å²) in [5.74, 6) is -0.221. The lowest BCUT2D eigenvalue weighted by Gasteiger charge is -2.16. The number of aromatic amines is 1. The van der Waals surface area contributed by atoms with E-state index >= 15 is 0 Å². The number of hydrogen-bond acceptors (Lipinski definition) is 3. The predicted octanol–water partition coefficient (Wildman–Crippen LogP) is 2.18. The molecule has 0 saturated carbocycles. The number of aromatic nitrogens is 2. The van der Waals surface area contributed by atoms with Gasteiger partial charge in [-0.2, -0.15) is 0 Å². The van der Waals surface area contributed by atoms with Crippen molar-refractivity contribution in [3.63, 3.8) is 0 Å². The van der Waals surface area contributed by atoms with E-state index in [2.05, 4.69) is 15.3 Å². The number of H-pyrrole nitrogens is 1. The number of halogens is 1. The van der Waals surface area contributed by atoms with Gasteiger partial charge in [0.25, 0.3) is 5.91 Å². The van der Waals surface area contributed by atoms with Gasteiger partial charge in [-0.25, -0.2) is 4.98 Å². The fourth-order valence-corrected chi connectivity index (χ4v) is 1.90. The summed E-state index contributed by atoms with van der Waals surface area (Å²) >= 11 is 5.93. The number of nitrogens with one attached hydrogen (secondary N) is 2. The first-order valence-electron chi connectivity index (χ1n) is 5.75. The normalized spacial score (nSPS) is 12.1. The van der Waals surface area contributed by atoms with Crippen molar-refractivity contribution in [3.05, 3.63) is 53.1 Å². The molecule has 0 radical (unpaired) electrons. The zero-order chi connectivity index (χ0) is 13.7. The number of ether oxygens (including phenoxy) is 1. The maximum Gasteiger partial charge on any atom is 0.269 e. The largest absolute Gasteiger partial charge is 0.375 e. The summed E-state index contributed by atoms with van der Waals surface area (Å²) in [6, 6.07) is 7.36. The van der Waals surface area contributed by atoms with E-state index in [1.807, 2.05) is 18.2 Å². The van der Waals surface area contributed by atoms with Gasteiger partial charge >= 0.3 is 0 Å². The lowest BCUT2D eigenvalue weighted by Crippen LogP contribution is -2.29. The number of imidazole rings is 1. The Morgan fingerprint density at radius 2 is 2.42 bits per heavy atom. The van der Waals surface area contributed by atoms with Gasteiger partial charge < -0.3 is 15.0 Å². The lowest BCUT2D eigenvalue weighted by molar-refractivity contribution is 0.0824. The van der Waals surface area contributed by atoms with Crippen LogP contribution in [0.1, 0.15) is 22.2 Å². The third-order valence-corrected chi connectivity index (χ3v) is 2.93. The first-order valence-corrected chi connectivity index (χ1v) is 6.13. The molecule has 0 bridgehead atoms. The van der Waals surface area contributed by atoms with Crippen LogP contribution < -0.4 is 5.32 Å². The molecule has 2 aromatic rings. The van der Waals surface area contributed by atoms with Crippen LogP contribution in [-0.2, 0) is 4.74 Å². The van der Waals surface area contributed by atoms with E-state index in [1.54, 1.807) is 13.2 Å². The predicted molar refractivity (Wildman–Crippen MR) is 72.1 cm³/mol. The quantitative estimate of drug-likeness (QED) is 0.881. The SMILES string of the molecule is CO[C@H](CNC(=O)c1cnc[nH]1)c1cccc(Cl)c1. The molecular weight excluding hydrogens is 266 g/mol. The van der Waals surface area contributed by atoms with Crippen LogP contribution in [-0.4, -0.2) is 29.5 Å². The van der Waals surface area contributed by atoms with Crippen molar-refractivity contribution in [3.8, 4) is 0 Å². The standard InChI is InChI=1S/C13H14ClN3O2/c1-19-12(9-3-2-4-10(14)5-9)7-16-13(18)11-6-15-8-17-11/h2-6,8,12H,7H2,1H3,(H,15,17)(H,16,18)/t12-/m1/s1. The molecule has 6 heteroatoms. The van der Waals surface area contributed by atoms with Crippen molar-refractivity contribution in [1.82, 2.24) is 15.3 Å². The molecule has 2 rings (SSSR count). The van der Waals surface area contributed by atoms with Gasteiger partial charge in [0.05, 0.1) is 18.6 Å². The highest BCUT2D eigenvalue weighted by molar-refractivity contribution is 6.30. The molecule has 0 unspecified atom stereocenters. The zero-order valence-electron chi connectivity index (χ0n) is 10.4. The van der Waals surface area contributed by atoms with Gasteiger partial charge in [-0.1, -0.05) is 23.7 Å². The summed E-state index contributed by atoms with van der Waals surface area (Å²) in [5.41, 5.74) is 1.33. The van der Waals surface area contributed by atoms with E-state index < -0.39 is 0 Å². The molecule has 1 amide bonds. The van der Waals surface area contributed by atoms with Crippen molar-refractivity contribution in [2.45, 2.75) is 6.10 Å². The van der Waals surface area contributed by atoms with Crippen LogP contribution in [0.2, 0.25) is 5.02 Å². The second-order valence-corrected chi connectivity index (χ2v) is 4.39. The Morgan fingerprint density at radius 1 is 1.58 bits per heavy atom. The average Bonchev–Trinajstić information content (AvgIpc) is 2.93. The fourth-order valence-electron chi connectivity index (χ4n) is 1.70. The number of methoxy groups -OCH3 is 1. The fraction of sp³-hybridized carbons (Fsp3) is 0.231. The molecule has 0 spiro atoms. The second-order valence-electron chi connectivity index (χ2n) is 3.95. The van der Waals surface area contributed by atoms with Gasteiger partial charge in [0, 0.05) is 18.7 Å². The average molecular weight is 280 g/mol. The molecule has 100 valence electrons. The van der Waals surface area contributed by atoms with Gasteiger partial charge in [0.1, 0.15) is 5.69 Å². The number of amides is 1. The molecule has 0 aliphatic carbocycles. The van der Waals surface area contributed by atoms with Gasteiger partial charge in [0.2, 0.25) is 0 Å². The van der Waals surface area contributed by atoms with Gasteiger partial charge in [-0.3, -0.25) is 4.79 Å². The van der Waals surface area contributed by atoms with E-state index in [0.717, 1.165) is 5.56 Å². The Labute approximate surface area is 116 Å². The van der Waals surface area contributed by atoms with E-state index in [1.165, 1.54) is 12.5 Å². The Hall–Kier alpha value is -1.85. The van der Waals surface area contributed by atoms with E-state index in [-0.39, 0.29) is 12.0 Å². The van der Waals surface area contributed by atoms with Crippen LogP contribution in [0.25, 0.3) is 0 Å². The van der Waals surface area contributed by atoms with E-state index in [9.17, 15) is 4.79 Å². The molecule has 2 N–H and O–H groups in total. The molecule has 1 heterocycles. The number of benzene rings is 1. The molecule has 19 heavy (non-hydrogen) atoms. The molecule has 1 atom stereocenters. The number of carbonyl (C=O) groups excluding carboxylic acids is 1.